The summed E-state index contributed by atoms with van der Waals surface area (Å²) in [5.41, 5.74) is 4.27. The van der Waals surface area contributed by atoms with Gasteiger partial charge >= 0.3 is 0 Å². The third kappa shape index (κ3) is 1.96. The number of aliphatic hydroxyl groups excluding tert-OH is 1. The number of nitrogens with one attached hydrogen (secondary N) is 1. The molecule has 0 spiro atoms. The Hall–Kier alpha value is -3.12. The molecule has 0 aliphatic carbocycles. The summed E-state index contributed by atoms with van der Waals surface area (Å²) < 4.78 is 1.76. The topological polar surface area (TPSA) is 91.1 Å². The standard InChI is InChI=1S/C20H17N3O3/c1-10(24)15-8-21-9-16-13(15)7-18-19-12(4-5-23(18)20(16)26)14-6-11(25)2-3-17(14)22-19/h2-3,6-10,22,24-25H,4-5H2,1H3. The van der Waals surface area contributed by atoms with Gasteiger partial charge in [0, 0.05) is 35.4 Å². The molecule has 5 rings (SSSR count). The Balaban J connectivity index is 1.89. The second-order valence-corrected chi connectivity index (χ2v) is 6.81. The van der Waals surface area contributed by atoms with Gasteiger partial charge < -0.3 is 19.8 Å². The van der Waals surface area contributed by atoms with Gasteiger partial charge in [-0.3, -0.25) is 9.78 Å². The van der Waals surface area contributed by atoms with Crippen molar-refractivity contribution in [3.05, 3.63) is 58.1 Å². The number of rotatable bonds is 1. The number of benzene rings is 1. The quantitative estimate of drug-likeness (QED) is 0.494. The van der Waals surface area contributed by atoms with Crippen molar-refractivity contribution in [2.24, 2.45) is 0 Å². The highest BCUT2D eigenvalue weighted by molar-refractivity contribution is 5.94. The Labute approximate surface area is 148 Å². The predicted octanol–water partition coefficient (Wildman–Crippen LogP) is 2.86. The Bertz CT molecular complexity index is 1250. The molecule has 1 aliphatic rings. The fraction of sp³-hybridized carbons (Fsp3) is 0.200. The number of fused-ring (bicyclic) bond motifs is 6. The van der Waals surface area contributed by atoms with Crippen LogP contribution < -0.4 is 5.56 Å². The molecule has 0 radical (unpaired) electrons. The second-order valence-electron chi connectivity index (χ2n) is 6.81. The zero-order chi connectivity index (χ0) is 18.0. The summed E-state index contributed by atoms with van der Waals surface area (Å²) in [6.45, 7) is 2.24. The number of H-pyrrole nitrogens is 1. The van der Waals surface area contributed by atoms with E-state index in [1.165, 1.54) is 0 Å². The van der Waals surface area contributed by atoms with E-state index in [1.54, 1.807) is 36.0 Å². The summed E-state index contributed by atoms with van der Waals surface area (Å²) in [5.74, 6) is 0.225. The third-order valence-corrected chi connectivity index (χ3v) is 5.25. The van der Waals surface area contributed by atoms with Crippen LogP contribution in [0.4, 0.5) is 0 Å². The molecule has 1 aliphatic heterocycles. The van der Waals surface area contributed by atoms with Crippen molar-refractivity contribution in [1.29, 1.82) is 0 Å². The van der Waals surface area contributed by atoms with Gasteiger partial charge in [-0.2, -0.15) is 0 Å². The van der Waals surface area contributed by atoms with Gasteiger partial charge in [0.1, 0.15) is 5.75 Å². The predicted molar refractivity (Wildman–Crippen MR) is 99.3 cm³/mol. The minimum Gasteiger partial charge on any atom is -0.508 e. The van der Waals surface area contributed by atoms with E-state index < -0.39 is 6.10 Å². The van der Waals surface area contributed by atoms with Crippen LogP contribution in [0, 0.1) is 0 Å². The first-order valence-electron chi connectivity index (χ1n) is 8.58. The van der Waals surface area contributed by atoms with Crippen LogP contribution >= 0.6 is 0 Å². The molecule has 26 heavy (non-hydrogen) atoms. The Kier molecular flexibility index (Phi) is 3.02. The van der Waals surface area contributed by atoms with E-state index in [2.05, 4.69) is 9.97 Å². The summed E-state index contributed by atoms with van der Waals surface area (Å²) in [6, 6.07) is 7.20. The molecule has 3 N–H and O–H groups in total. The lowest BCUT2D eigenvalue weighted by molar-refractivity contribution is 0.200. The molecular weight excluding hydrogens is 330 g/mol. The number of aryl methyl sites for hydroxylation is 1. The Morgan fingerprint density at radius 2 is 2.04 bits per heavy atom. The number of aliphatic hydroxyl groups is 1. The van der Waals surface area contributed by atoms with E-state index in [4.69, 9.17) is 0 Å². The normalized spacial score (nSPS) is 14.4. The Morgan fingerprint density at radius 1 is 1.19 bits per heavy atom. The number of pyridine rings is 2. The number of nitrogens with zero attached hydrogens (tertiary/aromatic N) is 2. The summed E-state index contributed by atoms with van der Waals surface area (Å²) in [7, 11) is 0. The van der Waals surface area contributed by atoms with E-state index in [0.717, 1.165) is 33.2 Å². The number of phenolic OH excluding ortho intramolecular Hbond substituents is 1. The van der Waals surface area contributed by atoms with Gasteiger partial charge in [-0.1, -0.05) is 0 Å². The van der Waals surface area contributed by atoms with E-state index >= 15 is 0 Å². The molecule has 0 saturated carbocycles. The maximum atomic E-state index is 13.0. The average molecular weight is 347 g/mol. The van der Waals surface area contributed by atoms with Crippen molar-refractivity contribution in [2.75, 3.05) is 0 Å². The minimum atomic E-state index is -0.712. The molecule has 0 fully saturated rings. The van der Waals surface area contributed by atoms with Crippen LogP contribution in [-0.2, 0) is 13.0 Å². The maximum absolute atomic E-state index is 13.0. The third-order valence-electron chi connectivity index (χ3n) is 5.25. The van der Waals surface area contributed by atoms with Crippen molar-refractivity contribution in [2.45, 2.75) is 26.0 Å². The van der Waals surface area contributed by atoms with Gasteiger partial charge in [0.15, 0.2) is 0 Å². The molecule has 0 amide bonds. The highest BCUT2D eigenvalue weighted by Crippen LogP contribution is 2.36. The smallest absolute Gasteiger partial charge is 0.260 e. The number of hydrogen-bond acceptors (Lipinski definition) is 4. The van der Waals surface area contributed by atoms with Gasteiger partial charge in [-0.05, 0) is 48.6 Å². The van der Waals surface area contributed by atoms with Gasteiger partial charge in [0.05, 0.1) is 22.9 Å². The van der Waals surface area contributed by atoms with Crippen LogP contribution in [-0.4, -0.2) is 24.7 Å². The summed E-state index contributed by atoms with van der Waals surface area (Å²) in [4.78, 5) is 20.5. The fourth-order valence-electron chi connectivity index (χ4n) is 3.99. The average Bonchev–Trinajstić information content (AvgIpc) is 3.00. The Morgan fingerprint density at radius 3 is 2.85 bits per heavy atom. The lowest BCUT2D eigenvalue weighted by Crippen LogP contribution is -2.26. The monoisotopic (exact) mass is 347 g/mol. The molecule has 0 saturated heterocycles. The van der Waals surface area contributed by atoms with Crippen LogP contribution in [0.5, 0.6) is 5.75 Å². The van der Waals surface area contributed by atoms with Gasteiger partial charge in [0.2, 0.25) is 0 Å². The molecule has 1 atom stereocenters. The van der Waals surface area contributed by atoms with Crippen LogP contribution in [0.3, 0.4) is 0 Å². The molecule has 130 valence electrons. The van der Waals surface area contributed by atoms with E-state index in [-0.39, 0.29) is 11.3 Å². The van der Waals surface area contributed by atoms with Gasteiger partial charge in [-0.25, -0.2) is 0 Å². The van der Waals surface area contributed by atoms with Crippen molar-refractivity contribution in [3.8, 4) is 17.1 Å². The number of hydrogen-bond donors (Lipinski definition) is 3. The number of aromatic amines is 1. The van der Waals surface area contributed by atoms with Crippen LogP contribution in [0.1, 0.15) is 24.2 Å². The van der Waals surface area contributed by atoms with E-state index in [9.17, 15) is 15.0 Å². The lowest BCUT2D eigenvalue weighted by Gasteiger charge is -2.21. The first-order valence-corrected chi connectivity index (χ1v) is 8.58. The number of phenols is 1. The molecule has 4 aromatic rings. The van der Waals surface area contributed by atoms with E-state index in [0.29, 0.717) is 23.9 Å². The molecule has 4 heterocycles. The summed E-state index contributed by atoms with van der Waals surface area (Å²) in [6.07, 6.45) is 3.17. The van der Waals surface area contributed by atoms with Crippen LogP contribution in [0.2, 0.25) is 0 Å². The summed E-state index contributed by atoms with van der Waals surface area (Å²) >= 11 is 0. The maximum Gasteiger partial charge on any atom is 0.260 e. The fourth-order valence-corrected chi connectivity index (χ4v) is 3.99. The zero-order valence-corrected chi connectivity index (χ0v) is 14.2. The second kappa shape index (κ2) is 5.19. The minimum absolute atomic E-state index is 0.0975. The molecule has 6 heteroatoms. The number of aromatic hydroxyl groups is 1. The largest absolute Gasteiger partial charge is 0.508 e. The summed E-state index contributed by atoms with van der Waals surface area (Å²) in [5, 5.41) is 22.1. The van der Waals surface area contributed by atoms with Crippen molar-refractivity contribution >= 4 is 21.7 Å². The lowest BCUT2D eigenvalue weighted by atomic mass is 9.98. The van der Waals surface area contributed by atoms with Crippen LogP contribution in [0.25, 0.3) is 33.1 Å². The zero-order valence-electron chi connectivity index (χ0n) is 14.2. The van der Waals surface area contributed by atoms with E-state index in [1.807, 2.05) is 12.1 Å². The van der Waals surface area contributed by atoms with Crippen molar-refractivity contribution in [3.63, 3.8) is 0 Å². The molecular formula is C20H17N3O3. The molecule has 0 bridgehead atoms. The highest BCUT2D eigenvalue weighted by atomic mass is 16.3. The molecule has 6 nitrogen and oxygen atoms in total. The molecule has 3 aromatic heterocycles. The molecule has 1 aromatic carbocycles. The van der Waals surface area contributed by atoms with Gasteiger partial charge in [0.25, 0.3) is 5.56 Å². The molecule has 1 unspecified atom stereocenters. The SMILES string of the molecule is CC(O)c1cncc2c(=O)n3c(cc12)-c1[nH]c2ccc(O)cc2c1CC3. The number of aromatic nitrogens is 3. The van der Waals surface area contributed by atoms with Crippen LogP contribution in [0.15, 0.2) is 41.5 Å². The first-order chi connectivity index (χ1) is 12.5. The van der Waals surface area contributed by atoms with Crippen molar-refractivity contribution in [1.82, 2.24) is 14.5 Å². The van der Waals surface area contributed by atoms with Crippen molar-refractivity contribution < 1.29 is 10.2 Å². The first kappa shape index (κ1) is 15.2. The highest BCUT2D eigenvalue weighted by Gasteiger charge is 2.24. The van der Waals surface area contributed by atoms with Gasteiger partial charge in [-0.15, -0.1) is 0 Å².